The summed E-state index contributed by atoms with van der Waals surface area (Å²) < 4.78 is 1.46. The lowest BCUT2D eigenvalue weighted by molar-refractivity contribution is -0.124. The van der Waals surface area contributed by atoms with Gasteiger partial charge in [-0.25, -0.2) is 4.79 Å². The largest absolute Gasteiger partial charge is 0.322 e. The Kier molecular flexibility index (Phi) is 4.68. The van der Waals surface area contributed by atoms with Crippen molar-refractivity contribution >= 4 is 11.9 Å². The van der Waals surface area contributed by atoms with Gasteiger partial charge in [0.2, 0.25) is 0 Å². The van der Waals surface area contributed by atoms with E-state index in [1.807, 2.05) is 24.3 Å². The molecule has 26 heavy (non-hydrogen) atoms. The number of amides is 3. The summed E-state index contributed by atoms with van der Waals surface area (Å²) in [6.45, 7) is 6.04. The Hall–Kier alpha value is -2.89. The first-order valence-electron chi connectivity index (χ1n) is 8.71. The van der Waals surface area contributed by atoms with Gasteiger partial charge in [0.1, 0.15) is 0 Å². The number of hydrogen-bond donors (Lipinski definition) is 2. The van der Waals surface area contributed by atoms with Gasteiger partial charge in [-0.15, -0.1) is 0 Å². The molecule has 2 aromatic rings. The van der Waals surface area contributed by atoms with Crippen molar-refractivity contribution in [1.29, 1.82) is 0 Å². The zero-order chi connectivity index (χ0) is 18.9. The van der Waals surface area contributed by atoms with Gasteiger partial charge in [-0.1, -0.05) is 44.2 Å². The molecule has 136 valence electrons. The lowest BCUT2D eigenvalue weighted by Gasteiger charge is -2.27. The molecule has 1 aromatic carbocycles. The molecule has 2 N–H and O–H groups in total. The Bertz CT molecular complexity index is 899. The lowest BCUT2D eigenvalue weighted by atomic mass is 9.88. The average molecular weight is 353 g/mol. The lowest BCUT2D eigenvalue weighted by Crippen LogP contribution is -2.49. The molecular weight excluding hydrogens is 330 g/mol. The number of hydrogen-bond acceptors (Lipinski definition) is 3. The molecule has 0 aliphatic carbocycles. The van der Waals surface area contributed by atoms with Crippen LogP contribution < -0.4 is 16.2 Å². The maximum atomic E-state index is 12.7. The summed E-state index contributed by atoms with van der Waals surface area (Å²) >= 11 is 0. The standard InChI is InChI=1S/C20H23N3O3/c1-13(2)11-15-6-8-16(9-7-15)20(18(25)21-19(26)22-20)12-23-10-4-5-14(3)17(23)24/h4-10,13H,11-12H2,1-3H3,(H2,21,22,25,26). The van der Waals surface area contributed by atoms with E-state index in [-0.39, 0.29) is 12.1 Å². The van der Waals surface area contributed by atoms with Gasteiger partial charge in [0.05, 0.1) is 6.54 Å². The van der Waals surface area contributed by atoms with Gasteiger partial charge < -0.3 is 9.88 Å². The highest BCUT2D eigenvalue weighted by atomic mass is 16.2. The van der Waals surface area contributed by atoms with E-state index in [2.05, 4.69) is 24.5 Å². The van der Waals surface area contributed by atoms with Gasteiger partial charge in [-0.05, 0) is 36.5 Å². The molecule has 2 heterocycles. The highest BCUT2D eigenvalue weighted by Gasteiger charge is 2.48. The minimum absolute atomic E-state index is 0.0363. The topological polar surface area (TPSA) is 80.2 Å². The summed E-state index contributed by atoms with van der Waals surface area (Å²) in [6.07, 6.45) is 2.56. The molecule has 6 nitrogen and oxygen atoms in total. The molecule has 1 unspecified atom stereocenters. The van der Waals surface area contributed by atoms with E-state index in [1.165, 1.54) is 4.57 Å². The van der Waals surface area contributed by atoms with Crippen LogP contribution in [0.25, 0.3) is 0 Å². The molecule has 0 bridgehead atoms. The van der Waals surface area contributed by atoms with Crippen molar-refractivity contribution < 1.29 is 9.59 Å². The van der Waals surface area contributed by atoms with Gasteiger partial charge in [0, 0.05) is 11.8 Å². The van der Waals surface area contributed by atoms with E-state index in [0.717, 1.165) is 12.0 Å². The molecule has 1 aromatic heterocycles. The van der Waals surface area contributed by atoms with E-state index in [1.54, 1.807) is 25.3 Å². The molecule has 3 amide bonds. The van der Waals surface area contributed by atoms with Crippen molar-refractivity contribution in [2.45, 2.75) is 39.3 Å². The molecule has 1 fully saturated rings. The Balaban J connectivity index is 2.03. The molecular formula is C20H23N3O3. The van der Waals surface area contributed by atoms with Gasteiger partial charge in [0.15, 0.2) is 5.54 Å². The Morgan fingerprint density at radius 1 is 1.08 bits per heavy atom. The van der Waals surface area contributed by atoms with Gasteiger partial charge >= 0.3 is 6.03 Å². The van der Waals surface area contributed by atoms with Crippen LogP contribution in [0.4, 0.5) is 4.79 Å². The first-order valence-corrected chi connectivity index (χ1v) is 8.71. The number of aromatic nitrogens is 1. The SMILES string of the molecule is Cc1cccn(CC2(c3ccc(CC(C)C)cc3)NC(=O)NC2=O)c1=O. The number of nitrogens with one attached hydrogen (secondary N) is 2. The van der Waals surface area contributed by atoms with Crippen molar-refractivity contribution in [2.75, 3.05) is 0 Å². The number of pyridine rings is 1. The predicted octanol–water partition coefficient (Wildman–Crippen LogP) is 2.09. The first kappa shape index (κ1) is 17.9. The molecule has 1 aliphatic heterocycles. The summed E-state index contributed by atoms with van der Waals surface area (Å²) in [7, 11) is 0. The van der Waals surface area contributed by atoms with Crippen LogP contribution >= 0.6 is 0 Å². The van der Waals surface area contributed by atoms with Crippen LogP contribution in [0, 0.1) is 12.8 Å². The van der Waals surface area contributed by atoms with E-state index >= 15 is 0 Å². The predicted molar refractivity (Wildman–Crippen MR) is 98.8 cm³/mol. The van der Waals surface area contributed by atoms with Gasteiger partial charge in [0.25, 0.3) is 11.5 Å². The van der Waals surface area contributed by atoms with E-state index in [0.29, 0.717) is 17.0 Å². The fourth-order valence-corrected chi connectivity index (χ4v) is 3.33. The van der Waals surface area contributed by atoms with Crippen LogP contribution in [-0.4, -0.2) is 16.5 Å². The fraction of sp³-hybridized carbons (Fsp3) is 0.350. The number of rotatable bonds is 5. The smallest absolute Gasteiger partial charge is 0.318 e. The second-order valence-electron chi connectivity index (χ2n) is 7.23. The van der Waals surface area contributed by atoms with Crippen molar-refractivity contribution in [2.24, 2.45) is 5.92 Å². The van der Waals surface area contributed by atoms with Crippen molar-refractivity contribution in [1.82, 2.24) is 15.2 Å². The first-order chi connectivity index (χ1) is 12.3. The maximum absolute atomic E-state index is 12.7. The molecule has 0 radical (unpaired) electrons. The molecule has 0 saturated carbocycles. The Morgan fingerprint density at radius 3 is 2.35 bits per heavy atom. The van der Waals surface area contributed by atoms with Crippen LogP contribution in [-0.2, 0) is 23.3 Å². The second-order valence-corrected chi connectivity index (χ2v) is 7.23. The monoisotopic (exact) mass is 353 g/mol. The summed E-state index contributed by atoms with van der Waals surface area (Å²) in [5.41, 5.74) is 0.917. The number of carbonyl (C=O) groups excluding carboxylic acids is 2. The number of benzene rings is 1. The Labute approximate surface area is 152 Å². The minimum atomic E-state index is -1.30. The fourth-order valence-electron chi connectivity index (χ4n) is 3.33. The van der Waals surface area contributed by atoms with Gasteiger partial charge in [-0.3, -0.25) is 14.9 Å². The molecule has 6 heteroatoms. The van der Waals surface area contributed by atoms with Crippen LogP contribution in [0.1, 0.15) is 30.5 Å². The summed E-state index contributed by atoms with van der Waals surface area (Å²) in [6, 6.07) is 10.6. The summed E-state index contributed by atoms with van der Waals surface area (Å²) in [4.78, 5) is 36.9. The third kappa shape index (κ3) is 3.27. The van der Waals surface area contributed by atoms with E-state index < -0.39 is 17.5 Å². The second kappa shape index (κ2) is 6.78. The number of aryl methyl sites for hydroxylation is 1. The highest BCUT2D eigenvalue weighted by Crippen LogP contribution is 2.27. The maximum Gasteiger partial charge on any atom is 0.322 e. The number of nitrogens with zero attached hydrogens (tertiary/aromatic N) is 1. The molecule has 1 aliphatic rings. The number of carbonyl (C=O) groups is 2. The molecule has 1 saturated heterocycles. The number of urea groups is 1. The third-order valence-corrected chi connectivity index (χ3v) is 4.65. The van der Waals surface area contributed by atoms with Gasteiger partial charge in [-0.2, -0.15) is 0 Å². The van der Waals surface area contributed by atoms with Crippen molar-refractivity contribution in [3.8, 4) is 0 Å². The van der Waals surface area contributed by atoms with Crippen molar-refractivity contribution in [3.63, 3.8) is 0 Å². The van der Waals surface area contributed by atoms with E-state index in [9.17, 15) is 14.4 Å². The summed E-state index contributed by atoms with van der Waals surface area (Å²) in [5, 5.41) is 5.03. The zero-order valence-corrected chi connectivity index (χ0v) is 15.2. The summed E-state index contributed by atoms with van der Waals surface area (Å²) in [5.74, 6) is 0.0719. The molecule has 3 rings (SSSR count). The van der Waals surface area contributed by atoms with Crippen LogP contribution in [0.2, 0.25) is 0 Å². The zero-order valence-electron chi connectivity index (χ0n) is 15.2. The third-order valence-electron chi connectivity index (χ3n) is 4.65. The van der Waals surface area contributed by atoms with Crippen LogP contribution in [0.15, 0.2) is 47.4 Å². The van der Waals surface area contributed by atoms with Crippen LogP contribution in [0.3, 0.4) is 0 Å². The Morgan fingerprint density at radius 2 is 1.77 bits per heavy atom. The molecule has 1 atom stereocenters. The quantitative estimate of drug-likeness (QED) is 0.808. The van der Waals surface area contributed by atoms with Crippen molar-refractivity contribution in [3.05, 3.63) is 69.6 Å². The average Bonchev–Trinajstić information content (AvgIpc) is 2.86. The highest BCUT2D eigenvalue weighted by molar-refractivity contribution is 6.07. The normalized spacial score (nSPS) is 19.5. The number of imide groups is 1. The molecule has 0 spiro atoms. The minimum Gasteiger partial charge on any atom is -0.318 e. The van der Waals surface area contributed by atoms with E-state index in [4.69, 9.17) is 0 Å². The van der Waals surface area contributed by atoms with Crippen LogP contribution in [0.5, 0.6) is 0 Å².